The van der Waals surface area contributed by atoms with Crippen LogP contribution in [-0.2, 0) is 20.7 Å². The monoisotopic (exact) mass is 489 g/mol. The van der Waals surface area contributed by atoms with E-state index in [1.54, 1.807) is 43.5 Å². The molecule has 0 aliphatic carbocycles. The van der Waals surface area contributed by atoms with E-state index in [1.807, 2.05) is 12.1 Å². The number of aliphatic hydroxyl groups is 1. The summed E-state index contributed by atoms with van der Waals surface area (Å²) in [4.78, 5) is 34.3. The maximum Gasteiger partial charge on any atom is 0.306 e. The molecule has 182 valence electrons. The summed E-state index contributed by atoms with van der Waals surface area (Å²) in [7, 11) is 1.56. The van der Waals surface area contributed by atoms with Crippen LogP contribution in [0.1, 0.15) is 36.5 Å². The molecule has 1 heterocycles. The number of carbonyl (C=O) groups is 3. The summed E-state index contributed by atoms with van der Waals surface area (Å²) in [5, 5.41) is 20.6. The van der Waals surface area contributed by atoms with Crippen molar-refractivity contribution in [2.24, 2.45) is 0 Å². The van der Waals surface area contributed by atoms with E-state index in [1.165, 1.54) is 0 Å². The SMILES string of the molecule is COc1ccc(C(COc2ccc(CC3SC(=O)NC3O)cc2)OC(=O)CCCC(=O)O)cc1. The van der Waals surface area contributed by atoms with Crippen LogP contribution in [0.25, 0.3) is 0 Å². The lowest BCUT2D eigenvalue weighted by Crippen LogP contribution is -2.31. The molecular formula is C24H27NO8S. The molecule has 0 bridgehead atoms. The zero-order valence-electron chi connectivity index (χ0n) is 18.6. The Labute approximate surface area is 201 Å². The number of hydrogen-bond acceptors (Lipinski definition) is 8. The molecule has 3 atom stereocenters. The number of ether oxygens (including phenoxy) is 3. The first-order valence-electron chi connectivity index (χ1n) is 10.8. The molecule has 1 fully saturated rings. The topological polar surface area (TPSA) is 131 Å². The predicted octanol–water partition coefficient (Wildman–Crippen LogP) is 3.30. The van der Waals surface area contributed by atoms with E-state index in [4.69, 9.17) is 19.3 Å². The fourth-order valence-corrected chi connectivity index (χ4v) is 4.28. The molecule has 1 aliphatic rings. The van der Waals surface area contributed by atoms with Crippen molar-refractivity contribution < 1.29 is 38.8 Å². The third-order valence-corrected chi connectivity index (χ3v) is 6.23. The Morgan fingerprint density at radius 1 is 1.06 bits per heavy atom. The van der Waals surface area contributed by atoms with E-state index in [2.05, 4.69) is 5.32 Å². The van der Waals surface area contributed by atoms with Crippen LogP contribution < -0.4 is 14.8 Å². The minimum Gasteiger partial charge on any atom is -0.497 e. The van der Waals surface area contributed by atoms with Crippen LogP contribution in [0.15, 0.2) is 48.5 Å². The fraction of sp³-hybridized carbons (Fsp3) is 0.375. The van der Waals surface area contributed by atoms with Crippen molar-refractivity contribution in [3.8, 4) is 11.5 Å². The predicted molar refractivity (Wildman–Crippen MR) is 125 cm³/mol. The molecule has 10 heteroatoms. The number of thioether (sulfide) groups is 1. The molecule has 0 saturated carbocycles. The number of carboxylic acid groups (broad SMARTS) is 1. The van der Waals surface area contributed by atoms with Gasteiger partial charge < -0.3 is 29.7 Å². The Kier molecular flexibility index (Phi) is 9.17. The first-order chi connectivity index (χ1) is 16.3. The molecule has 0 radical (unpaired) electrons. The number of carboxylic acids is 1. The average Bonchev–Trinajstić information content (AvgIpc) is 3.13. The molecule has 2 aromatic rings. The second kappa shape index (κ2) is 12.3. The minimum atomic E-state index is -0.963. The quantitative estimate of drug-likeness (QED) is 0.384. The minimum absolute atomic E-state index is 0.00393. The van der Waals surface area contributed by atoms with E-state index >= 15 is 0 Å². The maximum absolute atomic E-state index is 12.3. The molecule has 1 aliphatic heterocycles. The smallest absolute Gasteiger partial charge is 0.306 e. The summed E-state index contributed by atoms with van der Waals surface area (Å²) in [5.74, 6) is -0.237. The van der Waals surface area contributed by atoms with Gasteiger partial charge in [0.1, 0.15) is 24.3 Å². The van der Waals surface area contributed by atoms with Gasteiger partial charge in [0.2, 0.25) is 0 Å². The number of esters is 1. The Balaban J connectivity index is 1.60. The molecule has 1 amide bonds. The lowest BCUT2D eigenvalue weighted by atomic mass is 10.1. The number of aliphatic hydroxyl groups excluding tert-OH is 1. The van der Waals surface area contributed by atoms with E-state index < -0.39 is 24.3 Å². The maximum atomic E-state index is 12.3. The van der Waals surface area contributed by atoms with Crippen LogP contribution in [0.4, 0.5) is 4.79 Å². The first-order valence-corrected chi connectivity index (χ1v) is 11.6. The Hall–Kier alpha value is -3.24. The summed E-state index contributed by atoms with van der Waals surface area (Å²) < 4.78 is 16.6. The highest BCUT2D eigenvalue weighted by atomic mass is 32.2. The highest BCUT2D eigenvalue weighted by Crippen LogP contribution is 2.27. The third kappa shape index (κ3) is 7.67. The number of benzene rings is 2. The molecular weight excluding hydrogens is 462 g/mol. The van der Waals surface area contributed by atoms with Gasteiger partial charge in [-0.05, 0) is 48.2 Å². The molecule has 1 saturated heterocycles. The number of nitrogens with one attached hydrogen (secondary N) is 1. The summed E-state index contributed by atoms with van der Waals surface area (Å²) in [5.41, 5.74) is 1.66. The zero-order chi connectivity index (χ0) is 24.5. The van der Waals surface area contributed by atoms with Gasteiger partial charge in [-0.3, -0.25) is 14.4 Å². The number of carbonyl (C=O) groups excluding carboxylic acids is 2. The number of aliphatic carboxylic acids is 1. The third-order valence-electron chi connectivity index (χ3n) is 5.17. The number of rotatable bonds is 12. The molecule has 0 aromatic heterocycles. The fourth-order valence-electron chi connectivity index (χ4n) is 3.35. The van der Waals surface area contributed by atoms with Gasteiger partial charge in [0, 0.05) is 12.8 Å². The van der Waals surface area contributed by atoms with Crippen molar-refractivity contribution in [1.82, 2.24) is 5.32 Å². The summed E-state index contributed by atoms with van der Waals surface area (Å²) >= 11 is 1.08. The van der Waals surface area contributed by atoms with Gasteiger partial charge in [-0.2, -0.15) is 0 Å². The Bertz CT molecular complexity index is 979. The first kappa shape index (κ1) is 25.4. The van der Waals surface area contributed by atoms with E-state index in [0.717, 1.165) is 17.3 Å². The van der Waals surface area contributed by atoms with Gasteiger partial charge in [-0.15, -0.1) is 0 Å². The van der Waals surface area contributed by atoms with Gasteiger partial charge in [0.05, 0.1) is 12.4 Å². The van der Waals surface area contributed by atoms with Crippen LogP contribution >= 0.6 is 11.8 Å². The highest BCUT2D eigenvalue weighted by molar-refractivity contribution is 8.14. The van der Waals surface area contributed by atoms with Crippen molar-refractivity contribution >= 4 is 28.9 Å². The lowest BCUT2D eigenvalue weighted by Gasteiger charge is -2.19. The van der Waals surface area contributed by atoms with Crippen LogP contribution in [0.3, 0.4) is 0 Å². The zero-order valence-corrected chi connectivity index (χ0v) is 19.5. The largest absolute Gasteiger partial charge is 0.497 e. The average molecular weight is 490 g/mol. The standard InChI is InChI=1S/C24H27NO8S/c1-31-17-11-7-16(8-12-17)19(33-22(28)4-2-3-21(26)27)14-32-18-9-5-15(6-10-18)13-20-23(29)25-24(30)34-20/h5-12,19-20,23,29H,2-4,13-14H2,1H3,(H,25,30)(H,26,27). The second-order valence-electron chi connectivity index (χ2n) is 7.69. The van der Waals surface area contributed by atoms with Crippen LogP contribution in [0, 0.1) is 0 Å². The molecule has 3 rings (SSSR count). The molecule has 3 unspecified atom stereocenters. The van der Waals surface area contributed by atoms with Crippen molar-refractivity contribution in [2.75, 3.05) is 13.7 Å². The van der Waals surface area contributed by atoms with Crippen molar-refractivity contribution in [2.45, 2.75) is 43.3 Å². The van der Waals surface area contributed by atoms with Crippen molar-refractivity contribution in [3.05, 3.63) is 59.7 Å². The van der Waals surface area contributed by atoms with Crippen LogP contribution in [0.2, 0.25) is 0 Å². The van der Waals surface area contributed by atoms with E-state index in [9.17, 15) is 19.5 Å². The van der Waals surface area contributed by atoms with Gasteiger partial charge in [-0.1, -0.05) is 36.0 Å². The van der Waals surface area contributed by atoms with E-state index in [-0.39, 0.29) is 36.4 Å². The van der Waals surface area contributed by atoms with Crippen LogP contribution in [-0.4, -0.2) is 52.6 Å². The van der Waals surface area contributed by atoms with Gasteiger partial charge in [0.25, 0.3) is 5.24 Å². The van der Waals surface area contributed by atoms with E-state index in [0.29, 0.717) is 23.5 Å². The van der Waals surface area contributed by atoms with Gasteiger partial charge >= 0.3 is 11.9 Å². The van der Waals surface area contributed by atoms with Crippen molar-refractivity contribution in [3.63, 3.8) is 0 Å². The molecule has 3 N–H and O–H groups in total. The Morgan fingerprint density at radius 2 is 1.74 bits per heavy atom. The van der Waals surface area contributed by atoms with Gasteiger partial charge in [-0.25, -0.2) is 0 Å². The summed E-state index contributed by atoms with van der Waals surface area (Å²) in [6, 6.07) is 14.3. The van der Waals surface area contributed by atoms with Gasteiger partial charge in [0.15, 0.2) is 6.10 Å². The molecule has 0 spiro atoms. The lowest BCUT2D eigenvalue weighted by molar-refractivity contribution is -0.151. The van der Waals surface area contributed by atoms with Crippen LogP contribution in [0.5, 0.6) is 11.5 Å². The number of methoxy groups -OCH3 is 1. The summed E-state index contributed by atoms with van der Waals surface area (Å²) in [6.45, 7) is 0.0615. The normalized spacial score (nSPS) is 18.1. The summed E-state index contributed by atoms with van der Waals surface area (Å²) in [6.07, 6.45) is -0.954. The number of amides is 1. The molecule has 9 nitrogen and oxygen atoms in total. The molecule has 2 aromatic carbocycles. The van der Waals surface area contributed by atoms with Crippen molar-refractivity contribution in [1.29, 1.82) is 0 Å². The highest BCUT2D eigenvalue weighted by Gasteiger charge is 2.31. The number of hydrogen-bond donors (Lipinski definition) is 3. The molecule has 34 heavy (non-hydrogen) atoms. The second-order valence-corrected chi connectivity index (χ2v) is 8.90. The Morgan fingerprint density at radius 3 is 2.32 bits per heavy atom.